The molecule has 4 nitrogen and oxygen atoms in total. The van der Waals surface area contributed by atoms with Crippen molar-refractivity contribution < 1.29 is 19.0 Å². The number of ketones is 1. The lowest BCUT2D eigenvalue weighted by Gasteiger charge is -2.06. The fourth-order valence-corrected chi connectivity index (χ4v) is 2.13. The number of benzene rings is 2. The molecule has 20 heavy (non-hydrogen) atoms. The number of carbonyl (C=O) groups excluding carboxylic acids is 1. The third-order valence-electron chi connectivity index (χ3n) is 3.07. The highest BCUT2D eigenvalue weighted by Crippen LogP contribution is 2.36. The Morgan fingerprint density at radius 2 is 1.95 bits per heavy atom. The standard InChI is InChI=1S/C16H14O4/c1-2-18-12-8-6-11(7-9-12)15(17)13-4-3-5-14-16(13)20-10-19-14/h3-9H,2,10H2,1H3. The highest BCUT2D eigenvalue weighted by atomic mass is 16.7. The van der Waals surface area contributed by atoms with E-state index in [0.717, 1.165) is 5.75 Å². The molecule has 1 heterocycles. The first-order chi connectivity index (χ1) is 9.79. The molecule has 2 aromatic carbocycles. The van der Waals surface area contributed by atoms with Gasteiger partial charge in [0.1, 0.15) is 5.75 Å². The molecule has 2 aromatic rings. The van der Waals surface area contributed by atoms with Gasteiger partial charge in [0.05, 0.1) is 12.2 Å². The number of hydrogen-bond donors (Lipinski definition) is 0. The van der Waals surface area contributed by atoms with Gasteiger partial charge in [-0.3, -0.25) is 4.79 Å². The fourth-order valence-electron chi connectivity index (χ4n) is 2.13. The van der Waals surface area contributed by atoms with Gasteiger partial charge in [-0.15, -0.1) is 0 Å². The van der Waals surface area contributed by atoms with Gasteiger partial charge in [0.2, 0.25) is 6.79 Å². The Labute approximate surface area is 116 Å². The smallest absolute Gasteiger partial charge is 0.231 e. The average Bonchev–Trinajstić information content (AvgIpc) is 2.96. The summed E-state index contributed by atoms with van der Waals surface area (Å²) in [6, 6.07) is 12.4. The summed E-state index contributed by atoms with van der Waals surface area (Å²) >= 11 is 0. The van der Waals surface area contributed by atoms with E-state index in [2.05, 4.69) is 0 Å². The third-order valence-corrected chi connectivity index (χ3v) is 3.07. The second kappa shape index (κ2) is 5.25. The van der Waals surface area contributed by atoms with Crippen molar-refractivity contribution in [3.8, 4) is 17.2 Å². The highest BCUT2D eigenvalue weighted by molar-refractivity contribution is 6.11. The first-order valence-electron chi connectivity index (χ1n) is 6.46. The lowest BCUT2D eigenvalue weighted by molar-refractivity contribution is 0.103. The molecule has 0 radical (unpaired) electrons. The molecule has 0 aliphatic carbocycles. The van der Waals surface area contributed by atoms with Crippen molar-refractivity contribution in [3.63, 3.8) is 0 Å². The van der Waals surface area contributed by atoms with E-state index in [1.165, 1.54) is 0 Å². The maximum atomic E-state index is 12.5. The normalized spacial score (nSPS) is 12.2. The van der Waals surface area contributed by atoms with Crippen LogP contribution in [0.25, 0.3) is 0 Å². The number of carbonyl (C=O) groups is 1. The van der Waals surface area contributed by atoms with Crippen LogP contribution in [0.15, 0.2) is 42.5 Å². The van der Waals surface area contributed by atoms with Crippen molar-refractivity contribution in [1.29, 1.82) is 0 Å². The molecular weight excluding hydrogens is 256 g/mol. The number of rotatable bonds is 4. The van der Waals surface area contributed by atoms with Crippen LogP contribution in [0.1, 0.15) is 22.8 Å². The summed E-state index contributed by atoms with van der Waals surface area (Å²) in [6.07, 6.45) is 0. The van der Waals surface area contributed by atoms with Crippen molar-refractivity contribution in [3.05, 3.63) is 53.6 Å². The first-order valence-corrected chi connectivity index (χ1v) is 6.46. The summed E-state index contributed by atoms with van der Waals surface area (Å²) in [4.78, 5) is 12.5. The second-order valence-corrected chi connectivity index (χ2v) is 4.33. The molecule has 3 rings (SSSR count). The minimum absolute atomic E-state index is 0.0876. The summed E-state index contributed by atoms with van der Waals surface area (Å²) in [5.74, 6) is 1.80. The summed E-state index contributed by atoms with van der Waals surface area (Å²) in [5, 5.41) is 0. The Morgan fingerprint density at radius 1 is 1.15 bits per heavy atom. The molecule has 0 fully saturated rings. The number of ether oxygens (including phenoxy) is 3. The van der Waals surface area contributed by atoms with Crippen LogP contribution in [0.3, 0.4) is 0 Å². The quantitative estimate of drug-likeness (QED) is 0.801. The van der Waals surface area contributed by atoms with Crippen LogP contribution < -0.4 is 14.2 Å². The fraction of sp³-hybridized carbons (Fsp3) is 0.188. The Bertz CT molecular complexity index is 631. The van der Waals surface area contributed by atoms with Gasteiger partial charge in [-0.05, 0) is 43.3 Å². The van der Waals surface area contributed by atoms with Crippen LogP contribution in [-0.4, -0.2) is 19.2 Å². The van der Waals surface area contributed by atoms with Crippen molar-refractivity contribution in [1.82, 2.24) is 0 Å². The van der Waals surface area contributed by atoms with Gasteiger partial charge in [-0.25, -0.2) is 0 Å². The zero-order valence-electron chi connectivity index (χ0n) is 11.1. The van der Waals surface area contributed by atoms with Gasteiger partial charge >= 0.3 is 0 Å². The maximum absolute atomic E-state index is 12.5. The molecule has 0 spiro atoms. The molecule has 1 aliphatic heterocycles. The Hall–Kier alpha value is -2.49. The molecule has 102 valence electrons. The van der Waals surface area contributed by atoms with Gasteiger partial charge < -0.3 is 14.2 Å². The van der Waals surface area contributed by atoms with E-state index in [9.17, 15) is 4.79 Å². The molecule has 0 amide bonds. The van der Waals surface area contributed by atoms with E-state index in [1.54, 1.807) is 42.5 Å². The van der Waals surface area contributed by atoms with Crippen molar-refractivity contribution in [2.75, 3.05) is 13.4 Å². The molecule has 0 N–H and O–H groups in total. The summed E-state index contributed by atoms with van der Waals surface area (Å²) in [6.45, 7) is 2.68. The van der Waals surface area contributed by atoms with Gasteiger partial charge in [0.15, 0.2) is 17.3 Å². The number of para-hydroxylation sites is 1. The summed E-state index contributed by atoms with van der Waals surface area (Å²) in [5.41, 5.74) is 1.11. The predicted molar refractivity (Wildman–Crippen MR) is 73.6 cm³/mol. The van der Waals surface area contributed by atoms with Crippen LogP contribution in [0, 0.1) is 0 Å². The van der Waals surface area contributed by atoms with Crippen LogP contribution in [0.2, 0.25) is 0 Å². The first kappa shape index (κ1) is 12.5. The Morgan fingerprint density at radius 3 is 2.70 bits per heavy atom. The predicted octanol–water partition coefficient (Wildman–Crippen LogP) is 3.05. The van der Waals surface area contributed by atoms with Crippen LogP contribution >= 0.6 is 0 Å². The molecule has 0 atom stereocenters. The van der Waals surface area contributed by atoms with E-state index >= 15 is 0 Å². The second-order valence-electron chi connectivity index (χ2n) is 4.33. The zero-order valence-corrected chi connectivity index (χ0v) is 11.1. The van der Waals surface area contributed by atoms with Crippen LogP contribution in [0.4, 0.5) is 0 Å². The Kier molecular flexibility index (Phi) is 3.29. The topological polar surface area (TPSA) is 44.8 Å². The third kappa shape index (κ3) is 2.20. The molecule has 4 heteroatoms. The molecule has 1 aliphatic rings. The minimum Gasteiger partial charge on any atom is -0.494 e. The molecule has 0 bridgehead atoms. The molecule has 0 unspecified atom stereocenters. The van der Waals surface area contributed by atoms with Gasteiger partial charge in [-0.1, -0.05) is 6.07 Å². The van der Waals surface area contributed by atoms with Gasteiger partial charge in [0.25, 0.3) is 0 Å². The molecule has 0 aromatic heterocycles. The highest BCUT2D eigenvalue weighted by Gasteiger charge is 2.22. The summed E-state index contributed by atoms with van der Waals surface area (Å²) in [7, 11) is 0. The van der Waals surface area contributed by atoms with Crippen molar-refractivity contribution in [2.24, 2.45) is 0 Å². The van der Waals surface area contributed by atoms with Crippen LogP contribution in [0.5, 0.6) is 17.2 Å². The monoisotopic (exact) mass is 270 g/mol. The van der Waals surface area contributed by atoms with E-state index < -0.39 is 0 Å². The maximum Gasteiger partial charge on any atom is 0.231 e. The van der Waals surface area contributed by atoms with E-state index in [1.807, 2.05) is 6.92 Å². The summed E-state index contributed by atoms with van der Waals surface area (Å²) < 4.78 is 16.0. The lowest BCUT2D eigenvalue weighted by Crippen LogP contribution is -2.03. The molecular formula is C16H14O4. The van der Waals surface area contributed by atoms with Crippen LogP contribution in [-0.2, 0) is 0 Å². The van der Waals surface area contributed by atoms with E-state index in [0.29, 0.717) is 29.2 Å². The molecule has 0 saturated heterocycles. The molecule has 0 saturated carbocycles. The average molecular weight is 270 g/mol. The largest absolute Gasteiger partial charge is 0.494 e. The lowest BCUT2D eigenvalue weighted by atomic mass is 10.0. The van der Waals surface area contributed by atoms with E-state index in [4.69, 9.17) is 14.2 Å². The number of hydrogen-bond acceptors (Lipinski definition) is 4. The van der Waals surface area contributed by atoms with Gasteiger partial charge in [-0.2, -0.15) is 0 Å². The van der Waals surface area contributed by atoms with E-state index in [-0.39, 0.29) is 12.6 Å². The van der Waals surface area contributed by atoms with Crippen molar-refractivity contribution in [2.45, 2.75) is 6.92 Å². The Balaban J connectivity index is 1.91. The minimum atomic E-state index is -0.0876. The zero-order chi connectivity index (χ0) is 13.9. The SMILES string of the molecule is CCOc1ccc(C(=O)c2cccc3c2OCO3)cc1. The van der Waals surface area contributed by atoms with Crippen molar-refractivity contribution >= 4 is 5.78 Å². The van der Waals surface area contributed by atoms with Gasteiger partial charge in [0, 0.05) is 5.56 Å². The number of fused-ring (bicyclic) bond motifs is 1.